The quantitative estimate of drug-likeness (QED) is 0.852. The van der Waals surface area contributed by atoms with Gasteiger partial charge in [0.15, 0.2) is 0 Å². The number of hydrogen-bond donors (Lipinski definition) is 2. The molecule has 96 valence electrons. The van der Waals surface area contributed by atoms with Gasteiger partial charge in [-0.15, -0.1) is 0 Å². The summed E-state index contributed by atoms with van der Waals surface area (Å²) in [6.07, 6.45) is -3.91. The van der Waals surface area contributed by atoms with E-state index in [1.165, 1.54) is 24.3 Å². The Labute approximate surface area is 99.0 Å². The molecule has 0 spiro atoms. The first-order chi connectivity index (χ1) is 8.38. The zero-order chi connectivity index (χ0) is 13.3. The summed E-state index contributed by atoms with van der Waals surface area (Å²) < 4.78 is 36.9. The number of hydrogen-bond acceptors (Lipinski definition) is 4. The maximum Gasteiger partial charge on any atom is 0.453 e. The van der Waals surface area contributed by atoms with E-state index in [1.54, 1.807) is 0 Å². The van der Waals surface area contributed by atoms with Gasteiger partial charge < -0.3 is 9.94 Å². The number of benzene rings is 1. The van der Waals surface area contributed by atoms with Crippen molar-refractivity contribution >= 4 is 11.7 Å². The van der Waals surface area contributed by atoms with Crippen LogP contribution in [0, 0.1) is 0 Å². The lowest BCUT2D eigenvalue weighted by molar-refractivity contribution is -0.136. The number of hydrazine groups is 1. The van der Waals surface area contributed by atoms with Gasteiger partial charge in [-0.3, -0.25) is 0 Å². The number of nitrogens with zero attached hydrogens (tertiary/aromatic N) is 1. The predicted octanol–water partition coefficient (Wildman–Crippen LogP) is 2.04. The highest BCUT2D eigenvalue weighted by Crippen LogP contribution is 2.30. The van der Waals surface area contributed by atoms with Gasteiger partial charge >= 0.3 is 12.1 Å². The van der Waals surface area contributed by atoms with Crippen LogP contribution in [0.1, 0.15) is 10.4 Å². The van der Waals surface area contributed by atoms with Gasteiger partial charge in [0.25, 0.3) is 0 Å². The number of carboxylic acids is 1. The lowest BCUT2D eigenvalue weighted by Crippen LogP contribution is -2.27. The molecule has 0 bridgehead atoms. The summed E-state index contributed by atoms with van der Waals surface area (Å²) in [7, 11) is 0. The van der Waals surface area contributed by atoms with Crippen LogP contribution < -0.4 is 10.6 Å². The van der Waals surface area contributed by atoms with E-state index in [-0.39, 0.29) is 11.3 Å². The highest BCUT2D eigenvalue weighted by Gasteiger charge is 2.40. The molecular formula is C10H7F3N2O3. The molecule has 1 aliphatic rings. The van der Waals surface area contributed by atoms with Crippen molar-refractivity contribution in [2.75, 3.05) is 5.01 Å². The van der Waals surface area contributed by atoms with Gasteiger partial charge in [0, 0.05) is 0 Å². The fourth-order valence-corrected chi connectivity index (χ4v) is 1.32. The van der Waals surface area contributed by atoms with Gasteiger partial charge in [-0.25, -0.2) is 9.80 Å². The zero-order valence-electron chi connectivity index (χ0n) is 8.73. The number of aromatic carboxylic acids is 1. The summed E-state index contributed by atoms with van der Waals surface area (Å²) in [5, 5.41) is 9.71. The normalized spacial score (nSPS) is 15.3. The molecule has 18 heavy (non-hydrogen) atoms. The van der Waals surface area contributed by atoms with Crippen molar-refractivity contribution in [1.29, 1.82) is 0 Å². The minimum atomic E-state index is -4.61. The number of halogens is 3. The molecule has 2 rings (SSSR count). The van der Waals surface area contributed by atoms with E-state index in [0.717, 1.165) is 5.01 Å². The Hall–Kier alpha value is -2.22. The van der Waals surface area contributed by atoms with Crippen molar-refractivity contribution < 1.29 is 27.9 Å². The summed E-state index contributed by atoms with van der Waals surface area (Å²) in [5.74, 6) is -2.37. The van der Waals surface area contributed by atoms with Crippen LogP contribution in [-0.2, 0) is 4.84 Å². The molecule has 0 aromatic heterocycles. The second-order valence-corrected chi connectivity index (χ2v) is 3.41. The number of carboxylic acid groups (broad SMARTS) is 1. The highest BCUT2D eigenvalue weighted by atomic mass is 19.4. The molecule has 0 radical (unpaired) electrons. The standard InChI is InChI=1S/C10H7F3N2O3/c11-10(12,13)8-5-15(14-18-8)7-3-1-2-6(4-7)9(16)17/h1-5,14H,(H,16,17). The van der Waals surface area contributed by atoms with Crippen molar-refractivity contribution in [1.82, 2.24) is 5.59 Å². The van der Waals surface area contributed by atoms with Crippen LogP contribution in [0.3, 0.4) is 0 Å². The van der Waals surface area contributed by atoms with Gasteiger partial charge in [-0.2, -0.15) is 13.2 Å². The van der Waals surface area contributed by atoms with Crippen LogP contribution in [-0.4, -0.2) is 17.3 Å². The maximum atomic E-state index is 12.3. The monoisotopic (exact) mass is 260 g/mol. The van der Waals surface area contributed by atoms with E-state index in [1.807, 2.05) is 5.59 Å². The Bertz CT molecular complexity index is 513. The van der Waals surface area contributed by atoms with E-state index in [0.29, 0.717) is 6.20 Å². The fourth-order valence-electron chi connectivity index (χ4n) is 1.32. The lowest BCUT2D eigenvalue weighted by Gasteiger charge is -2.13. The van der Waals surface area contributed by atoms with Crippen molar-refractivity contribution in [3.63, 3.8) is 0 Å². The largest absolute Gasteiger partial charge is 0.478 e. The second-order valence-electron chi connectivity index (χ2n) is 3.41. The van der Waals surface area contributed by atoms with Gasteiger partial charge in [0.2, 0.25) is 5.76 Å². The van der Waals surface area contributed by atoms with Crippen molar-refractivity contribution in [2.45, 2.75) is 6.18 Å². The summed E-state index contributed by atoms with van der Waals surface area (Å²) in [4.78, 5) is 15.0. The van der Waals surface area contributed by atoms with Crippen molar-refractivity contribution in [3.05, 3.63) is 41.8 Å². The third-order valence-electron chi connectivity index (χ3n) is 2.15. The average molecular weight is 260 g/mol. The first-order valence-corrected chi connectivity index (χ1v) is 4.72. The van der Waals surface area contributed by atoms with Crippen molar-refractivity contribution in [2.24, 2.45) is 0 Å². The topological polar surface area (TPSA) is 61.8 Å². The zero-order valence-corrected chi connectivity index (χ0v) is 8.73. The molecule has 0 saturated heterocycles. The number of allylic oxidation sites excluding steroid dienone is 1. The molecule has 5 nitrogen and oxygen atoms in total. The molecule has 8 heteroatoms. The third kappa shape index (κ3) is 2.38. The number of carbonyl (C=O) groups is 1. The Balaban J connectivity index is 2.26. The summed E-state index contributed by atoms with van der Waals surface area (Å²) in [5.41, 5.74) is 2.20. The predicted molar refractivity (Wildman–Crippen MR) is 54.2 cm³/mol. The van der Waals surface area contributed by atoms with Gasteiger partial charge in [-0.1, -0.05) is 11.7 Å². The molecule has 1 heterocycles. The van der Waals surface area contributed by atoms with Crippen LogP contribution in [0.5, 0.6) is 0 Å². The van der Waals surface area contributed by atoms with Crippen LogP contribution >= 0.6 is 0 Å². The summed E-state index contributed by atoms with van der Waals surface area (Å²) in [6.45, 7) is 0. The summed E-state index contributed by atoms with van der Waals surface area (Å²) >= 11 is 0. The molecule has 0 aliphatic carbocycles. The molecule has 0 atom stereocenters. The molecule has 0 amide bonds. The van der Waals surface area contributed by atoms with Gasteiger partial charge in [0.1, 0.15) is 0 Å². The first-order valence-electron chi connectivity index (χ1n) is 4.72. The number of nitrogens with one attached hydrogen (secondary N) is 1. The number of rotatable bonds is 2. The molecule has 1 aromatic carbocycles. The second kappa shape index (κ2) is 4.22. The van der Waals surface area contributed by atoms with E-state index in [9.17, 15) is 18.0 Å². The third-order valence-corrected chi connectivity index (χ3v) is 2.15. The lowest BCUT2D eigenvalue weighted by atomic mass is 10.2. The molecule has 0 unspecified atom stereocenters. The number of alkyl halides is 3. The molecule has 2 N–H and O–H groups in total. The SMILES string of the molecule is O=C(O)c1cccc(N2C=C(C(F)(F)F)ON2)c1. The van der Waals surface area contributed by atoms with E-state index in [2.05, 4.69) is 4.84 Å². The molecule has 0 fully saturated rings. The Kier molecular flexibility index (Phi) is 2.87. The minimum absolute atomic E-state index is 0.0387. The number of anilines is 1. The van der Waals surface area contributed by atoms with Crippen LogP contribution in [0.2, 0.25) is 0 Å². The average Bonchev–Trinajstić information content (AvgIpc) is 2.78. The van der Waals surface area contributed by atoms with Gasteiger partial charge in [-0.05, 0) is 18.2 Å². The summed E-state index contributed by atoms with van der Waals surface area (Å²) in [6, 6.07) is 5.41. The smallest absolute Gasteiger partial charge is 0.453 e. The van der Waals surface area contributed by atoms with Gasteiger partial charge in [0.05, 0.1) is 17.5 Å². The molecule has 1 aromatic rings. The molecular weight excluding hydrogens is 253 g/mol. The maximum absolute atomic E-state index is 12.3. The van der Waals surface area contributed by atoms with Crippen LogP contribution in [0.4, 0.5) is 18.9 Å². The first kappa shape index (κ1) is 12.2. The minimum Gasteiger partial charge on any atom is -0.478 e. The van der Waals surface area contributed by atoms with E-state index >= 15 is 0 Å². The Morgan fingerprint density at radius 3 is 2.67 bits per heavy atom. The van der Waals surface area contributed by atoms with Crippen molar-refractivity contribution in [3.8, 4) is 0 Å². The van der Waals surface area contributed by atoms with Crippen LogP contribution in [0.25, 0.3) is 0 Å². The van der Waals surface area contributed by atoms with Crippen LogP contribution in [0.15, 0.2) is 36.2 Å². The van der Waals surface area contributed by atoms with E-state index in [4.69, 9.17) is 5.11 Å². The van der Waals surface area contributed by atoms with E-state index < -0.39 is 17.9 Å². The molecule has 1 aliphatic heterocycles. The highest BCUT2D eigenvalue weighted by molar-refractivity contribution is 5.88. The molecule has 0 saturated carbocycles. The fraction of sp³-hybridized carbons (Fsp3) is 0.100. The Morgan fingerprint density at radius 2 is 2.11 bits per heavy atom. The Morgan fingerprint density at radius 1 is 1.39 bits per heavy atom.